The van der Waals surface area contributed by atoms with Gasteiger partial charge in [0.1, 0.15) is 5.82 Å². The van der Waals surface area contributed by atoms with Crippen LogP contribution in [0.25, 0.3) is 11.1 Å². The zero-order valence-electron chi connectivity index (χ0n) is 11.1. The summed E-state index contributed by atoms with van der Waals surface area (Å²) in [5.41, 5.74) is 4.60. The van der Waals surface area contributed by atoms with E-state index in [1.165, 1.54) is 11.1 Å². The van der Waals surface area contributed by atoms with Gasteiger partial charge in [0.05, 0.1) is 0 Å². The third-order valence-electron chi connectivity index (χ3n) is 4.49. The fourth-order valence-electron chi connectivity index (χ4n) is 3.46. The van der Waals surface area contributed by atoms with E-state index in [0.29, 0.717) is 0 Å². The molecule has 0 saturated carbocycles. The number of halogens is 2. The van der Waals surface area contributed by atoms with E-state index >= 15 is 0 Å². The smallest absolute Gasteiger partial charge is 0.123 e. The zero-order valence-corrected chi connectivity index (χ0v) is 11.9. The molecule has 0 atom stereocenters. The average molecular weight is 275 g/mol. The van der Waals surface area contributed by atoms with Gasteiger partial charge in [0.2, 0.25) is 0 Å². The van der Waals surface area contributed by atoms with Gasteiger partial charge >= 0.3 is 0 Å². The summed E-state index contributed by atoms with van der Waals surface area (Å²) < 4.78 is 13.6. The molecule has 0 fully saturated rings. The molecule has 0 amide bonds. The maximum Gasteiger partial charge on any atom is 0.123 e. The van der Waals surface area contributed by atoms with Gasteiger partial charge in [-0.2, -0.15) is 0 Å². The van der Waals surface area contributed by atoms with Crippen LogP contribution in [0.15, 0.2) is 36.4 Å². The fourth-order valence-corrected chi connectivity index (χ4v) is 3.63. The molecule has 0 saturated heterocycles. The third kappa shape index (κ3) is 1.64. The van der Waals surface area contributed by atoms with Gasteiger partial charge in [0.25, 0.3) is 0 Å². The van der Waals surface area contributed by atoms with E-state index in [4.69, 9.17) is 11.6 Å². The van der Waals surface area contributed by atoms with E-state index in [1.807, 2.05) is 24.3 Å². The number of hydrogen-bond acceptors (Lipinski definition) is 0. The lowest BCUT2D eigenvalue weighted by Crippen LogP contribution is -2.23. The van der Waals surface area contributed by atoms with Crippen molar-refractivity contribution in [3.8, 4) is 11.1 Å². The van der Waals surface area contributed by atoms with Crippen LogP contribution in [0.4, 0.5) is 4.39 Å². The second-order valence-electron chi connectivity index (χ2n) is 5.17. The number of hydrogen-bond donors (Lipinski definition) is 0. The predicted octanol–water partition coefficient (Wildman–Crippen LogP) is 5.57. The van der Waals surface area contributed by atoms with Crippen molar-refractivity contribution < 1.29 is 4.39 Å². The Morgan fingerprint density at radius 3 is 2.37 bits per heavy atom. The van der Waals surface area contributed by atoms with Crippen molar-refractivity contribution in [2.24, 2.45) is 0 Å². The van der Waals surface area contributed by atoms with Gasteiger partial charge < -0.3 is 0 Å². The number of rotatable bonds is 2. The topological polar surface area (TPSA) is 0 Å². The molecule has 2 aromatic carbocycles. The Kier molecular flexibility index (Phi) is 2.90. The predicted molar refractivity (Wildman–Crippen MR) is 78.2 cm³/mol. The van der Waals surface area contributed by atoms with Crippen LogP contribution in [0.3, 0.4) is 0 Å². The minimum absolute atomic E-state index is 0.0245. The Labute approximate surface area is 118 Å². The second-order valence-corrected chi connectivity index (χ2v) is 5.61. The van der Waals surface area contributed by atoms with E-state index in [9.17, 15) is 4.39 Å². The SMILES string of the molecule is CCC1(CC)c2ccc(F)cc2-c2ccc(Cl)cc21. The summed E-state index contributed by atoms with van der Waals surface area (Å²) in [6.45, 7) is 4.37. The molecule has 0 nitrogen and oxygen atoms in total. The van der Waals surface area contributed by atoms with Crippen molar-refractivity contribution in [3.63, 3.8) is 0 Å². The van der Waals surface area contributed by atoms with Crippen molar-refractivity contribution in [3.05, 3.63) is 58.4 Å². The highest BCUT2D eigenvalue weighted by molar-refractivity contribution is 6.30. The van der Waals surface area contributed by atoms with Crippen molar-refractivity contribution in [1.82, 2.24) is 0 Å². The van der Waals surface area contributed by atoms with Crippen molar-refractivity contribution >= 4 is 11.6 Å². The number of fused-ring (bicyclic) bond motifs is 3. The standard InChI is InChI=1S/C17H16ClF/c1-3-17(4-2)15-8-6-12(19)10-14(15)13-7-5-11(18)9-16(13)17/h5-10H,3-4H2,1-2H3. The van der Waals surface area contributed by atoms with Crippen LogP contribution >= 0.6 is 11.6 Å². The van der Waals surface area contributed by atoms with Crippen LogP contribution in [0, 0.1) is 5.82 Å². The van der Waals surface area contributed by atoms with E-state index in [1.54, 1.807) is 12.1 Å². The molecule has 0 spiro atoms. The lowest BCUT2D eigenvalue weighted by Gasteiger charge is -2.29. The van der Waals surface area contributed by atoms with E-state index in [2.05, 4.69) is 13.8 Å². The fraction of sp³-hybridized carbons (Fsp3) is 0.294. The lowest BCUT2D eigenvalue weighted by atomic mass is 9.74. The summed E-state index contributed by atoms with van der Waals surface area (Å²) in [6, 6.07) is 11.1. The highest BCUT2D eigenvalue weighted by Crippen LogP contribution is 2.53. The molecular weight excluding hydrogens is 259 g/mol. The van der Waals surface area contributed by atoms with Crippen molar-refractivity contribution in [2.75, 3.05) is 0 Å². The summed E-state index contributed by atoms with van der Waals surface area (Å²) in [7, 11) is 0. The molecule has 0 heterocycles. The molecule has 98 valence electrons. The molecule has 19 heavy (non-hydrogen) atoms. The van der Waals surface area contributed by atoms with Crippen molar-refractivity contribution in [1.29, 1.82) is 0 Å². The Hall–Kier alpha value is -1.34. The van der Waals surface area contributed by atoms with Gasteiger partial charge in [0.15, 0.2) is 0 Å². The molecule has 0 radical (unpaired) electrons. The van der Waals surface area contributed by atoms with Gasteiger partial charge in [-0.1, -0.05) is 37.6 Å². The molecular formula is C17H16ClF. The Morgan fingerprint density at radius 2 is 1.68 bits per heavy atom. The molecule has 0 aliphatic heterocycles. The highest BCUT2D eigenvalue weighted by atomic mass is 35.5. The monoisotopic (exact) mass is 274 g/mol. The normalized spacial score (nSPS) is 15.2. The van der Waals surface area contributed by atoms with E-state index < -0.39 is 0 Å². The van der Waals surface area contributed by atoms with Crippen LogP contribution in [-0.2, 0) is 5.41 Å². The van der Waals surface area contributed by atoms with E-state index in [-0.39, 0.29) is 11.2 Å². The van der Waals surface area contributed by atoms with Gasteiger partial charge in [-0.25, -0.2) is 4.39 Å². The average Bonchev–Trinajstić information content (AvgIpc) is 2.68. The molecule has 0 N–H and O–H groups in total. The highest BCUT2D eigenvalue weighted by Gasteiger charge is 2.40. The van der Waals surface area contributed by atoms with Gasteiger partial charge in [0, 0.05) is 10.4 Å². The Bertz CT molecular complexity index is 642. The van der Waals surface area contributed by atoms with Crippen LogP contribution < -0.4 is 0 Å². The van der Waals surface area contributed by atoms with Crippen LogP contribution in [-0.4, -0.2) is 0 Å². The number of benzene rings is 2. The third-order valence-corrected chi connectivity index (χ3v) is 4.73. The second kappa shape index (κ2) is 4.35. The summed E-state index contributed by atoms with van der Waals surface area (Å²) >= 11 is 6.16. The van der Waals surface area contributed by atoms with Crippen LogP contribution in [0.5, 0.6) is 0 Å². The van der Waals surface area contributed by atoms with Crippen molar-refractivity contribution in [2.45, 2.75) is 32.1 Å². The summed E-state index contributed by atoms with van der Waals surface area (Å²) in [6.07, 6.45) is 1.99. The summed E-state index contributed by atoms with van der Waals surface area (Å²) in [5, 5.41) is 0.748. The minimum Gasteiger partial charge on any atom is -0.207 e. The maximum atomic E-state index is 13.6. The lowest BCUT2D eigenvalue weighted by molar-refractivity contribution is 0.489. The van der Waals surface area contributed by atoms with Gasteiger partial charge in [-0.05, 0) is 59.4 Å². The van der Waals surface area contributed by atoms with Crippen LogP contribution in [0.2, 0.25) is 5.02 Å². The first kappa shape index (κ1) is 12.7. The maximum absolute atomic E-state index is 13.6. The first-order chi connectivity index (χ1) is 9.12. The van der Waals surface area contributed by atoms with Gasteiger partial charge in [-0.15, -0.1) is 0 Å². The van der Waals surface area contributed by atoms with Crippen LogP contribution in [0.1, 0.15) is 37.8 Å². The Balaban J connectivity index is 2.38. The molecule has 0 unspecified atom stereocenters. The minimum atomic E-state index is -0.178. The zero-order chi connectivity index (χ0) is 13.6. The molecule has 1 aliphatic carbocycles. The Morgan fingerprint density at radius 1 is 0.947 bits per heavy atom. The molecule has 2 aromatic rings. The first-order valence-corrected chi connectivity index (χ1v) is 7.10. The largest absolute Gasteiger partial charge is 0.207 e. The first-order valence-electron chi connectivity index (χ1n) is 6.73. The molecule has 3 rings (SSSR count). The van der Waals surface area contributed by atoms with Gasteiger partial charge in [-0.3, -0.25) is 0 Å². The molecule has 0 bridgehead atoms. The molecule has 1 aliphatic rings. The summed E-state index contributed by atoms with van der Waals surface area (Å²) in [4.78, 5) is 0. The van der Waals surface area contributed by atoms with E-state index in [0.717, 1.165) is 29.0 Å². The molecule has 0 aromatic heterocycles. The molecule has 2 heteroatoms. The summed E-state index contributed by atoms with van der Waals surface area (Å²) in [5.74, 6) is -0.178. The quantitative estimate of drug-likeness (QED) is 0.672.